The van der Waals surface area contributed by atoms with Gasteiger partial charge in [0.15, 0.2) is 0 Å². The zero-order chi connectivity index (χ0) is 18.9. The monoisotopic (exact) mass is 370 g/mol. The van der Waals surface area contributed by atoms with Gasteiger partial charge < -0.3 is 9.74 Å². The number of amides is 2. The van der Waals surface area contributed by atoms with Crippen LogP contribution in [-0.2, 0) is 9.63 Å². The van der Waals surface area contributed by atoms with Crippen molar-refractivity contribution in [1.29, 1.82) is 0 Å². The summed E-state index contributed by atoms with van der Waals surface area (Å²) in [4.78, 5) is 46.0. The Kier molecular flexibility index (Phi) is 5.00. The van der Waals surface area contributed by atoms with Gasteiger partial charge in [-0.05, 0) is 50.9 Å². The summed E-state index contributed by atoms with van der Waals surface area (Å²) in [6, 6.07) is 6.58. The van der Waals surface area contributed by atoms with Gasteiger partial charge in [0, 0.05) is 6.54 Å². The second-order valence-electron chi connectivity index (χ2n) is 8.01. The van der Waals surface area contributed by atoms with E-state index in [1.165, 1.54) is 12.8 Å². The highest BCUT2D eigenvalue weighted by atomic mass is 16.7. The van der Waals surface area contributed by atoms with Gasteiger partial charge in [0.25, 0.3) is 11.8 Å². The van der Waals surface area contributed by atoms with Crippen LogP contribution in [0.25, 0.3) is 0 Å². The molecule has 0 bridgehead atoms. The summed E-state index contributed by atoms with van der Waals surface area (Å²) < 4.78 is 0. The van der Waals surface area contributed by atoms with Gasteiger partial charge in [0.05, 0.1) is 16.5 Å². The minimum Gasteiger partial charge on any atom is -0.329 e. The van der Waals surface area contributed by atoms with Crippen molar-refractivity contribution >= 4 is 17.8 Å². The molecule has 1 aliphatic carbocycles. The Bertz CT molecular complexity index is 711. The maximum atomic E-state index is 13.1. The molecule has 2 fully saturated rings. The van der Waals surface area contributed by atoms with E-state index < -0.39 is 23.2 Å². The topological polar surface area (TPSA) is 66.9 Å². The van der Waals surface area contributed by atoms with Gasteiger partial charge in [-0.3, -0.25) is 9.59 Å². The van der Waals surface area contributed by atoms with E-state index in [1.54, 1.807) is 24.3 Å². The molecule has 6 heteroatoms. The highest BCUT2D eigenvalue weighted by molar-refractivity contribution is 6.20. The first-order valence-corrected chi connectivity index (χ1v) is 10.0. The number of rotatable bonds is 4. The summed E-state index contributed by atoms with van der Waals surface area (Å²) in [5.74, 6) is -1.53. The lowest BCUT2D eigenvalue weighted by molar-refractivity contribution is -0.182. The first kappa shape index (κ1) is 18.2. The number of fused-ring (bicyclic) bond motifs is 1. The zero-order valence-corrected chi connectivity index (χ0v) is 15.6. The number of hydroxylamine groups is 2. The molecule has 4 rings (SSSR count). The number of hydrogen-bond acceptors (Lipinski definition) is 5. The molecular weight excluding hydrogens is 344 g/mol. The SMILES string of the molecule is O=C1c2ccccc2C(=O)N1OC(=O)C1(CN2CCCCCC2)CCCC1. The Morgan fingerprint density at radius 2 is 1.44 bits per heavy atom. The van der Waals surface area contributed by atoms with Crippen molar-refractivity contribution in [2.24, 2.45) is 5.41 Å². The first-order valence-electron chi connectivity index (χ1n) is 10.0. The molecule has 0 spiro atoms. The van der Waals surface area contributed by atoms with Crippen molar-refractivity contribution in [1.82, 2.24) is 9.96 Å². The van der Waals surface area contributed by atoms with Crippen LogP contribution in [0.5, 0.6) is 0 Å². The number of hydrogen-bond donors (Lipinski definition) is 0. The summed E-state index contributed by atoms with van der Waals surface area (Å²) in [5.41, 5.74) is -0.0220. The number of carbonyl (C=O) groups excluding carboxylic acids is 3. The van der Waals surface area contributed by atoms with Crippen LogP contribution in [-0.4, -0.2) is 47.4 Å². The van der Waals surface area contributed by atoms with Crippen molar-refractivity contribution in [2.75, 3.05) is 19.6 Å². The number of benzene rings is 1. The normalized spacial score (nSPS) is 22.6. The number of imide groups is 1. The van der Waals surface area contributed by atoms with Crippen molar-refractivity contribution in [3.8, 4) is 0 Å². The van der Waals surface area contributed by atoms with E-state index in [4.69, 9.17) is 4.84 Å². The van der Waals surface area contributed by atoms with Crippen LogP contribution in [0.1, 0.15) is 72.1 Å². The molecule has 0 aromatic heterocycles. The summed E-state index contributed by atoms with van der Waals surface area (Å²) in [7, 11) is 0. The van der Waals surface area contributed by atoms with Gasteiger partial charge in [-0.15, -0.1) is 0 Å². The zero-order valence-electron chi connectivity index (χ0n) is 15.6. The Balaban J connectivity index is 1.50. The Morgan fingerprint density at radius 3 is 2.00 bits per heavy atom. The van der Waals surface area contributed by atoms with Gasteiger partial charge in [0.2, 0.25) is 0 Å². The van der Waals surface area contributed by atoms with Gasteiger partial charge in [0.1, 0.15) is 0 Å². The lowest BCUT2D eigenvalue weighted by Crippen LogP contribution is -2.46. The highest BCUT2D eigenvalue weighted by Gasteiger charge is 2.47. The van der Waals surface area contributed by atoms with Gasteiger partial charge in [-0.25, -0.2) is 4.79 Å². The molecule has 27 heavy (non-hydrogen) atoms. The van der Waals surface area contributed by atoms with Crippen LogP contribution in [0, 0.1) is 5.41 Å². The third kappa shape index (κ3) is 3.38. The second kappa shape index (κ2) is 7.43. The maximum absolute atomic E-state index is 13.1. The van der Waals surface area contributed by atoms with E-state index in [1.807, 2.05) is 0 Å². The van der Waals surface area contributed by atoms with Crippen molar-refractivity contribution < 1.29 is 19.2 Å². The molecule has 1 aromatic carbocycles. The predicted molar refractivity (Wildman–Crippen MR) is 98.8 cm³/mol. The summed E-state index contributed by atoms with van der Waals surface area (Å²) in [6.45, 7) is 2.67. The molecule has 2 aliphatic heterocycles. The molecule has 0 N–H and O–H groups in total. The van der Waals surface area contributed by atoms with Crippen molar-refractivity contribution in [2.45, 2.75) is 51.4 Å². The Morgan fingerprint density at radius 1 is 0.889 bits per heavy atom. The minimum atomic E-state index is -0.611. The molecule has 144 valence electrons. The van der Waals surface area contributed by atoms with Crippen molar-refractivity contribution in [3.05, 3.63) is 35.4 Å². The Labute approximate surface area is 159 Å². The number of carbonyl (C=O) groups is 3. The maximum Gasteiger partial charge on any atom is 0.340 e. The minimum absolute atomic E-state index is 0.295. The van der Waals surface area contributed by atoms with E-state index in [0.717, 1.165) is 51.6 Å². The summed E-state index contributed by atoms with van der Waals surface area (Å²) in [5, 5.41) is 0.662. The lowest BCUT2D eigenvalue weighted by atomic mass is 9.85. The average molecular weight is 370 g/mol. The second-order valence-corrected chi connectivity index (χ2v) is 8.01. The smallest absolute Gasteiger partial charge is 0.329 e. The summed E-state index contributed by atoms with van der Waals surface area (Å²) >= 11 is 0. The lowest BCUT2D eigenvalue weighted by Gasteiger charge is -2.33. The molecule has 1 saturated carbocycles. The van der Waals surface area contributed by atoms with Crippen LogP contribution in [0.15, 0.2) is 24.3 Å². The van der Waals surface area contributed by atoms with E-state index in [-0.39, 0.29) is 0 Å². The molecule has 1 saturated heterocycles. The van der Waals surface area contributed by atoms with E-state index in [0.29, 0.717) is 22.7 Å². The van der Waals surface area contributed by atoms with Crippen LogP contribution in [0.3, 0.4) is 0 Å². The molecule has 3 aliphatic rings. The number of likely N-dealkylation sites (tertiary alicyclic amines) is 1. The molecule has 6 nitrogen and oxygen atoms in total. The van der Waals surface area contributed by atoms with Crippen LogP contribution < -0.4 is 0 Å². The molecule has 1 aromatic rings. The fourth-order valence-corrected chi connectivity index (χ4v) is 4.63. The third-order valence-electron chi connectivity index (χ3n) is 6.15. The highest BCUT2D eigenvalue weighted by Crippen LogP contribution is 2.41. The van der Waals surface area contributed by atoms with Crippen LogP contribution in [0.4, 0.5) is 0 Å². The number of nitrogens with zero attached hydrogens (tertiary/aromatic N) is 2. The van der Waals surface area contributed by atoms with E-state index in [9.17, 15) is 14.4 Å². The molecule has 0 radical (unpaired) electrons. The summed E-state index contributed by atoms with van der Waals surface area (Å²) in [6.07, 6.45) is 8.26. The largest absolute Gasteiger partial charge is 0.340 e. The van der Waals surface area contributed by atoms with Gasteiger partial charge in [-0.1, -0.05) is 42.9 Å². The first-order chi connectivity index (χ1) is 13.1. The third-order valence-corrected chi connectivity index (χ3v) is 6.15. The molecule has 0 unspecified atom stereocenters. The molecule has 2 amide bonds. The predicted octanol–water partition coefficient (Wildman–Crippen LogP) is 3.18. The molecule has 0 atom stereocenters. The quantitative estimate of drug-likeness (QED) is 0.762. The van der Waals surface area contributed by atoms with E-state index in [2.05, 4.69) is 4.90 Å². The van der Waals surface area contributed by atoms with Crippen LogP contribution >= 0.6 is 0 Å². The van der Waals surface area contributed by atoms with Gasteiger partial charge in [-0.2, -0.15) is 0 Å². The Hall–Kier alpha value is -2.21. The molecular formula is C21H26N2O4. The van der Waals surface area contributed by atoms with Crippen LogP contribution in [0.2, 0.25) is 0 Å². The fraction of sp³-hybridized carbons (Fsp3) is 0.571. The standard InChI is InChI=1S/C21H26N2O4/c24-18-16-9-3-4-10-17(16)19(25)23(18)27-20(26)21(11-5-6-12-21)15-22-13-7-1-2-8-14-22/h3-4,9-10H,1-2,5-8,11-15H2. The van der Waals surface area contributed by atoms with E-state index >= 15 is 0 Å². The average Bonchev–Trinajstić information content (AvgIpc) is 3.13. The van der Waals surface area contributed by atoms with Crippen molar-refractivity contribution in [3.63, 3.8) is 0 Å². The molecule has 2 heterocycles. The van der Waals surface area contributed by atoms with Gasteiger partial charge >= 0.3 is 5.97 Å². The fourth-order valence-electron chi connectivity index (χ4n) is 4.63.